The second-order valence-electron chi connectivity index (χ2n) is 2.74. The number of likely N-dealkylation sites (tertiary alicyclic amines) is 1. The number of hydrogen-bond donors (Lipinski definition) is 1. The molecule has 66 valence electrons. The van der Waals surface area contributed by atoms with Crippen molar-refractivity contribution in [1.82, 2.24) is 10.2 Å². The second-order valence-corrected chi connectivity index (χ2v) is 2.74. The minimum Gasteiger partial charge on any atom is -0.325 e. The lowest BCUT2D eigenvalue weighted by Gasteiger charge is -2.13. The summed E-state index contributed by atoms with van der Waals surface area (Å²) in [5.74, 6) is 0. The first kappa shape index (κ1) is 8.84. The fourth-order valence-corrected chi connectivity index (χ4v) is 1.20. The molecule has 1 saturated heterocycles. The van der Waals surface area contributed by atoms with Crippen molar-refractivity contribution in [1.29, 1.82) is 0 Å². The summed E-state index contributed by atoms with van der Waals surface area (Å²) in [4.78, 5) is 13.1. The van der Waals surface area contributed by atoms with Crippen LogP contribution in [-0.2, 0) is 0 Å². The normalized spacial score (nSPS) is 16.8. The van der Waals surface area contributed by atoms with E-state index in [0.717, 1.165) is 25.9 Å². The van der Waals surface area contributed by atoms with Crippen LogP contribution < -0.4 is 5.32 Å². The van der Waals surface area contributed by atoms with Gasteiger partial charge in [0.2, 0.25) is 0 Å². The van der Waals surface area contributed by atoms with Crippen LogP contribution in [0.2, 0.25) is 0 Å². The molecule has 1 heterocycles. The molecule has 0 radical (unpaired) electrons. The van der Waals surface area contributed by atoms with Crippen molar-refractivity contribution in [2.24, 2.45) is 0 Å². The van der Waals surface area contributed by atoms with Crippen molar-refractivity contribution in [3.05, 3.63) is 24.9 Å². The van der Waals surface area contributed by atoms with Gasteiger partial charge < -0.3 is 10.2 Å². The third-order valence-corrected chi connectivity index (χ3v) is 1.83. The number of carbonyl (C=O) groups excluding carboxylic acids is 1. The van der Waals surface area contributed by atoms with Crippen molar-refractivity contribution in [3.63, 3.8) is 0 Å². The molecular formula is C9H14N2O. The van der Waals surface area contributed by atoms with Crippen LogP contribution in [0.1, 0.15) is 12.8 Å². The zero-order chi connectivity index (χ0) is 8.81. The maximum Gasteiger partial charge on any atom is 0.321 e. The van der Waals surface area contributed by atoms with Crippen LogP contribution in [-0.4, -0.2) is 24.0 Å². The molecule has 0 unspecified atom stereocenters. The summed E-state index contributed by atoms with van der Waals surface area (Å²) in [5.41, 5.74) is 0. The van der Waals surface area contributed by atoms with Gasteiger partial charge in [0.15, 0.2) is 0 Å². The predicted octanol–water partition coefficient (Wildman–Crippen LogP) is 1.49. The van der Waals surface area contributed by atoms with E-state index in [1.54, 1.807) is 18.4 Å². The molecule has 12 heavy (non-hydrogen) atoms. The van der Waals surface area contributed by atoms with Gasteiger partial charge in [-0.1, -0.05) is 12.7 Å². The molecule has 3 heteroatoms. The summed E-state index contributed by atoms with van der Waals surface area (Å²) in [7, 11) is 0. The van der Waals surface area contributed by atoms with Gasteiger partial charge in [0.1, 0.15) is 0 Å². The molecule has 0 atom stereocenters. The van der Waals surface area contributed by atoms with Crippen LogP contribution >= 0.6 is 0 Å². The lowest BCUT2D eigenvalue weighted by atomic mass is 10.4. The molecule has 1 rings (SSSR count). The monoisotopic (exact) mass is 166 g/mol. The fraction of sp³-hybridized carbons (Fsp3) is 0.444. The van der Waals surface area contributed by atoms with Gasteiger partial charge in [-0.15, -0.1) is 0 Å². The largest absolute Gasteiger partial charge is 0.325 e. The molecular weight excluding hydrogens is 152 g/mol. The fourth-order valence-electron chi connectivity index (χ4n) is 1.20. The maximum atomic E-state index is 11.2. The second kappa shape index (κ2) is 4.59. The van der Waals surface area contributed by atoms with Crippen LogP contribution in [0, 0.1) is 0 Å². The highest BCUT2D eigenvalue weighted by molar-refractivity contribution is 5.75. The Morgan fingerprint density at radius 2 is 2.08 bits per heavy atom. The quantitative estimate of drug-likeness (QED) is 0.619. The molecule has 2 amide bonds. The van der Waals surface area contributed by atoms with Crippen molar-refractivity contribution in [2.75, 3.05) is 13.1 Å². The Kier molecular flexibility index (Phi) is 3.38. The average Bonchev–Trinajstić information content (AvgIpc) is 2.56. The minimum absolute atomic E-state index is 0.00870. The number of carbonyl (C=O) groups is 1. The molecule has 0 aliphatic carbocycles. The zero-order valence-electron chi connectivity index (χ0n) is 7.12. The summed E-state index contributed by atoms with van der Waals surface area (Å²) in [5, 5.41) is 2.66. The number of allylic oxidation sites excluding steroid dienone is 2. The van der Waals surface area contributed by atoms with Crippen LogP contribution in [0.4, 0.5) is 4.79 Å². The highest BCUT2D eigenvalue weighted by atomic mass is 16.2. The lowest BCUT2D eigenvalue weighted by molar-refractivity contribution is 0.212. The first-order valence-corrected chi connectivity index (χ1v) is 4.17. The van der Waals surface area contributed by atoms with Crippen molar-refractivity contribution >= 4 is 6.03 Å². The van der Waals surface area contributed by atoms with Crippen molar-refractivity contribution in [2.45, 2.75) is 12.8 Å². The number of amides is 2. The minimum atomic E-state index is -0.00870. The number of nitrogens with one attached hydrogen (secondary N) is 1. The van der Waals surface area contributed by atoms with Gasteiger partial charge in [-0.05, 0) is 18.9 Å². The Morgan fingerprint density at radius 3 is 2.67 bits per heavy atom. The molecule has 1 fully saturated rings. The van der Waals surface area contributed by atoms with Crippen molar-refractivity contribution < 1.29 is 4.79 Å². The SMILES string of the molecule is C=C/C=C/NC(=O)N1CCCC1. The molecule has 0 aromatic heterocycles. The number of rotatable bonds is 2. The number of urea groups is 1. The van der Waals surface area contributed by atoms with E-state index in [2.05, 4.69) is 11.9 Å². The number of nitrogens with zero attached hydrogens (tertiary/aromatic N) is 1. The average molecular weight is 166 g/mol. The molecule has 1 N–H and O–H groups in total. The molecule has 3 nitrogen and oxygen atoms in total. The van der Waals surface area contributed by atoms with E-state index in [-0.39, 0.29) is 6.03 Å². The van der Waals surface area contributed by atoms with Crippen LogP contribution in [0.3, 0.4) is 0 Å². The van der Waals surface area contributed by atoms with Crippen LogP contribution in [0.15, 0.2) is 24.9 Å². The summed E-state index contributed by atoms with van der Waals surface area (Å²) in [6.07, 6.45) is 7.18. The van der Waals surface area contributed by atoms with E-state index >= 15 is 0 Å². The Labute approximate surface area is 72.7 Å². The number of hydrogen-bond acceptors (Lipinski definition) is 1. The van der Waals surface area contributed by atoms with E-state index < -0.39 is 0 Å². The van der Waals surface area contributed by atoms with E-state index in [0.29, 0.717) is 0 Å². The maximum absolute atomic E-state index is 11.2. The van der Waals surface area contributed by atoms with E-state index in [4.69, 9.17) is 0 Å². The van der Waals surface area contributed by atoms with Crippen LogP contribution in [0.25, 0.3) is 0 Å². The molecule has 0 spiro atoms. The first-order valence-electron chi connectivity index (χ1n) is 4.17. The molecule has 0 aromatic carbocycles. The van der Waals surface area contributed by atoms with Gasteiger partial charge in [0.25, 0.3) is 0 Å². The standard InChI is InChI=1S/C9H14N2O/c1-2-3-6-10-9(12)11-7-4-5-8-11/h2-3,6H,1,4-5,7-8H2,(H,10,12)/b6-3+. The Balaban J connectivity index is 2.27. The van der Waals surface area contributed by atoms with Gasteiger partial charge in [-0.2, -0.15) is 0 Å². The van der Waals surface area contributed by atoms with Gasteiger partial charge in [0.05, 0.1) is 0 Å². The topological polar surface area (TPSA) is 32.3 Å². The highest BCUT2D eigenvalue weighted by Crippen LogP contribution is 2.06. The zero-order valence-corrected chi connectivity index (χ0v) is 7.12. The summed E-state index contributed by atoms with van der Waals surface area (Å²) < 4.78 is 0. The van der Waals surface area contributed by atoms with E-state index in [9.17, 15) is 4.79 Å². The molecule has 0 bridgehead atoms. The van der Waals surface area contributed by atoms with E-state index in [1.807, 2.05) is 4.90 Å². The molecule has 1 aliphatic heterocycles. The van der Waals surface area contributed by atoms with Gasteiger partial charge >= 0.3 is 6.03 Å². The van der Waals surface area contributed by atoms with Crippen LogP contribution in [0.5, 0.6) is 0 Å². The third kappa shape index (κ3) is 2.42. The smallest absolute Gasteiger partial charge is 0.321 e. The highest BCUT2D eigenvalue weighted by Gasteiger charge is 2.15. The van der Waals surface area contributed by atoms with Gasteiger partial charge in [-0.3, -0.25) is 0 Å². The lowest BCUT2D eigenvalue weighted by Crippen LogP contribution is -2.34. The predicted molar refractivity (Wildman–Crippen MR) is 48.7 cm³/mol. The van der Waals surface area contributed by atoms with Gasteiger partial charge in [-0.25, -0.2) is 4.79 Å². The third-order valence-electron chi connectivity index (χ3n) is 1.83. The van der Waals surface area contributed by atoms with E-state index in [1.165, 1.54) is 0 Å². The summed E-state index contributed by atoms with van der Waals surface area (Å²) in [6, 6.07) is -0.00870. The summed E-state index contributed by atoms with van der Waals surface area (Å²) >= 11 is 0. The Hall–Kier alpha value is -1.25. The van der Waals surface area contributed by atoms with Gasteiger partial charge in [0, 0.05) is 19.3 Å². The first-order chi connectivity index (χ1) is 5.84. The molecule has 0 saturated carbocycles. The molecule has 1 aliphatic rings. The molecule has 0 aromatic rings. The Bertz CT molecular complexity index is 193. The summed E-state index contributed by atoms with van der Waals surface area (Å²) in [6.45, 7) is 5.27. The Morgan fingerprint density at radius 1 is 1.42 bits per heavy atom. The van der Waals surface area contributed by atoms with Crippen molar-refractivity contribution in [3.8, 4) is 0 Å².